The van der Waals surface area contributed by atoms with Gasteiger partial charge in [-0.1, -0.05) is 11.6 Å². The van der Waals surface area contributed by atoms with Crippen molar-refractivity contribution in [1.29, 1.82) is 0 Å². The number of aryl methyl sites for hydroxylation is 1. The molecule has 1 spiro atoms. The third-order valence-corrected chi connectivity index (χ3v) is 7.78. The van der Waals surface area contributed by atoms with E-state index in [0.717, 1.165) is 40.8 Å². The zero-order valence-corrected chi connectivity index (χ0v) is 22.1. The van der Waals surface area contributed by atoms with Gasteiger partial charge in [-0.15, -0.1) is 12.3 Å². The molecule has 2 aliphatic rings. The van der Waals surface area contributed by atoms with Crippen LogP contribution < -0.4 is 10.2 Å². The Morgan fingerprint density at radius 2 is 2.03 bits per heavy atom. The van der Waals surface area contributed by atoms with Crippen LogP contribution in [0.1, 0.15) is 50.8 Å². The van der Waals surface area contributed by atoms with Crippen LogP contribution in [0.5, 0.6) is 0 Å². The Bertz CT molecular complexity index is 1380. The van der Waals surface area contributed by atoms with E-state index in [2.05, 4.69) is 26.9 Å². The number of fused-ring (bicyclic) bond motifs is 3. The van der Waals surface area contributed by atoms with Crippen molar-refractivity contribution < 1.29 is 9.59 Å². The van der Waals surface area contributed by atoms with E-state index in [9.17, 15) is 9.59 Å². The number of anilines is 1. The van der Waals surface area contributed by atoms with Crippen LogP contribution in [0, 0.1) is 12.3 Å². The van der Waals surface area contributed by atoms with Crippen molar-refractivity contribution in [3.63, 3.8) is 0 Å². The minimum absolute atomic E-state index is 0.0704. The lowest BCUT2D eigenvalue weighted by atomic mass is 9.74. The molecule has 0 unspecified atom stereocenters. The maximum atomic E-state index is 14.2. The van der Waals surface area contributed by atoms with E-state index >= 15 is 0 Å². The summed E-state index contributed by atoms with van der Waals surface area (Å²) in [7, 11) is 0. The Morgan fingerprint density at radius 1 is 1.24 bits per heavy atom. The third-order valence-electron chi connectivity index (χ3n) is 7.55. The first kappa shape index (κ1) is 25.2. The maximum Gasteiger partial charge on any atom is 0.317 e. The summed E-state index contributed by atoms with van der Waals surface area (Å²) < 4.78 is 2.25. The van der Waals surface area contributed by atoms with E-state index in [4.69, 9.17) is 18.0 Å². The monoisotopic (exact) mass is 517 g/mol. The molecule has 3 aromatic rings. The fraction of sp³-hybridized carbons (Fsp3) is 0.414. The standard InChI is InChI=1S/C29H32ClN5O2/c1-4-5-6-13-34-23(17-21-16-22(30)7-8-25(21)34)19-35-26-18-31-12-9-24(26)29(27(35)36)10-14-33(15-11-29)28(37)32-20(2)3/h1,7-9,12,16-18,20H,5-6,10-11,13-15,19H2,2-3H3,(H,32,37). The van der Waals surface area contributed by atoms with Crippen molar-refractivity contribution in [2.24, 2.45) is 0 Å². The van der Waals surface area contributed by atoms with Crippen molar-refractivity contribution >= 4 is 40.1 Å². The number of nitrogens with one attached hydrogen (secondary N) is 1. The van der Waals surface area contributed by atoms with Gasteiger partial charge in [-0.25, -0.2) is 4.79 Å². The predicted molar refractivity (Wildman–Crippen MR) is 147 cm³/mol. The zero-order valence-electron chi connectivity index (χ0n) is 21.3. The second-order valence-electron chi connectivity index (χ2n) is 10.3. The highest BCUT2D eigenvalue weighted by atomic mass is 35.5. The number of halogens is 1. The van der Waals surface area contributed by atoms with Crippen LogP contribution in [0.25, 0.3) is 10.9 Å². The van der Waals surface area contributed by atoms with E-state index in [1.165, 1.54) is 0 Å². The van der Waals surface area contributed by atoms with Crippen LogP contribution in [-0.2, 0) is 23.3 Å². The average molecular weight is 518 g/mol. The van der Waals surface area contributed by atoms with Crippen LogP contribution in [0.3, 0.4) is 0 Å². The molecular formula is C29H32ClN5O2. The Kier molecular flexibility index (Phi) is 6.87. The van der Waals surface area contributed by atoms with Gasteiger partial charge in [-0.05, 0) is 69.0 Å². The summed E-state index contributed by atoms with van der Waals surface area (Å²) in [4.78, 5) is 34.8. The number of piperidine rings is 1. The molecule has 0 saturated carbocycles. The molecule has 37 heavy (non-hydrogen) atoms. The van der Waals surface area contributed by atoms with Gasteiger partial charge >= 0.3 is 6.03 Å². The number of aromatic nitrogens is 2. The van der Waals surface area contributed by atoms with Crippen LogP contribution in [0.4, 0.5) is 10.5 Å². The summed E-state index contributed by atoms with van der Waals surface area (Å²) >= 11 is 6.29. The predicted octanol–water partition coefficient (Wildman–Crippen LogP) is 5.10. The first-order valence-corrected chi connectivity index (χ1v) is 13.2. The fourth-order valence-electron chi connectivity index (χ4n) is 5.75. The second-order valence-corrected chi connectivity index (χ2v) is 10.7. The van der Waals surface area contributed by atoms with E-state index in [0.29, 0.717) is 43.9 Å². The maximum absolute atomic E-state index is 14.2. The van der Waals surface area contributed by atoms with Crippen molar-refractivity contribution in [3.05, 3.63) is 59.0 Å². The molecule has 3 amide bonds. The molecule has 0 radical (unpaired) electrons. The van der Waals surface area contributed by atoms with Crippen LogP contribution in [-0.4, -0.2) is 45.5 Å². The number of hydrogen-bond acceptors (Lipinski definition) is 3. The summed E-state index contributed by atoms with van der Waals surface area (Å²) in [6.45, 7) is 6.15. The van der Waals surface area contributed by atoms with Crippen LogP contribution in [0.15, 0.2) is 42.7 Å². The highest BCUT2D eigenvalue weighted by Crippen LogP contribution is 2.48. The number of likely N-dealkylation sites (tertiary alicyclic amines) is 1. The Balaban J connectivity index is 1.45. The van der Waals surface area contributed by atoms with Gasteiger partial charge in [0.25, 0.3) is 0 Å². The number of carbonyl (C=O) groups is 2. The molecule has 2 aromatic heterocycles. The van der Waals surface area contributed by atoms with Gasteiger partial charge in [0, 0.05) is 59.9 Å². The number of pyridine rings is 1. The summed E-state index contributed by atoms with van der Waals surface area (Å²) in [5.41, 5.74) is 3.33. The largest absolute Gasteiger partial charge is 0.343 e. The van der Waals surface area contributed by atoms with Crippen molar-refractivity contribution in [3.8, 4) is 12.3 Å². The smallest absolute Gasteiger partial charge is 0.317 e. The van der Waals surface area contributed by atoms with Gasteiger partial charge in [-0.3, -0.25) is 9.78 Å². The molecule has 4 heterocycles. The number of amides is 3. The summed E-state index contributed by atoms with van der Waals surface area (Å²) in [5, 5.41) is 4.69. The highest BCUT2D eigenvalue weighted by Gasteiger charge is 2.52. The first-order chi connectivity index (χ1) is 17.8. The van der Waals surface area contributed by atoms with Crippen molar-refractivity contribution in [1.82, 2.24) is 19.8 Å². The molecule has 5 rings (SSSR count). The van der Waals surface area contributed by atoms with Crippen LogP contribution in [0.2, 0.25) is 5.02 Å². The summed E-state index contributed by atoms with van der Waals surface area (Å²) in [6.07, 6.45) is 11.8. The van der Waals surface area contributed by atoms with Gasteiger partial charge in [-0.2, -0.15) is 0 Å². The Labute approximate surface area is 222 Å². The van der Waals surface area contributed by atoms with Gasteiger partial charge in [0.2, 0.25) is 5.91 Å². The molecule has 2 aliphatic heterocycles. The second kappa shape index (κ2) is 10.1. The fourth-order valence-corrected chi connectivity index (χ4v) is 5.93. The Morgan fingerprint density at radius 3 is 2.76 bits per heavy atom. The molecule has 0 aliphatic carbocycles. The van der Waals surface area contributed by atoms with E-state index in [1.54, 1.807) is 12.4 Å². The zero-order chi connectivity index (χ0) is 26.2. The quantitative estimate of drug-likeness (QED) is 0.365. The molecule has 1 aromatic carbocycles. The summed E-state index contributed by atoms with van der Waals surface area (Å²) in [5.74, 6) is 2.80. The minimum Gasteiger partial charge on any atom is -0.343 e. The number of hydrogen-bond donors (Lipinski definition) is 1. The molecule has 0 bridgehead atoms. The lowest BCUT2D eigenvalue weighted by molar-refractivity contribution is -0.124. The average Bonchev–Trinajstić information content (AvgIpc) is 3.32. The SMILES string of the molecule is C#CCCCn1c(CN2C(=O)C3(CCN(C(=O)NC(C)C)CC3)c3ccncc32)cc2cc(Cl)ccc21. The molecule has 1 fully saturated rings. The number of terminal acetylenes is 1. The number of carbonyl (C=O) groups excluding carboxylic acids is 2. The number of benzene rings is 1. The highest BCUT2D eigenvalue weighted by molar-refractivity contribution is 6.31. The number of rotatable bonds is 6. The normalized spacial score (nSPS) is 16.5. The van der Waals surface area contributed by atoms with Crippen molar-refractivity contribution in [2.75, 3.05) is 18.0 Å². The molecular weight excluding hydrogens is 486 g/mol. The van der Waals surface area contributed by atoms with E-state index in [-0.39, 0.29) is 18.0 Å². The Hall–Kier alpha value is -3.50. The number of unbranched alkanes of at least 4 members (excludes halogenated alkanes) is 1. The number of urea groups is 1. The molecule has 1 N–H and O–H groups in total. The van der Waals surface area contributed by atoms with Crippen molar-refractivity contribution in [2.45, 2.75) is 64.1 Å². The minimum atomic E-state index is -0.642. The first-order valence-electron chi connectivity index (χ1n) is 12.9. The van der Waals surface area contributed by atoms with E-state index in [1.807, 2.05) is 47.9 Å². The lowest BCUT2D eigenvalue weighted by Crippen LogP contribution is -2.53. The van der Waals surface area contributed by atoms with Gasteiger partial charge in [0.15, 0.2) is 0 Å². The molecule has 7 nitrogen and oxygen atoms in total. The topological polar surface area (TPSA) is 70.5 Å². The molecule has 0 atom stereocenters. The third kappa shape index (κ3) is 4.55. The van der Waals surface area contributed by atoms with E-state index < -0.39 is 5.41 Å². The van der Waals surface area contributed by atoms with Gasteiger partial charge in [0.1, 0.15) is 0 Å². The number of nitrogens with zero attached hydrogens (tertiary/aromatic N) is 4. The lowest BCUT2D eigenvalue weighted by Gasteiger charge is -2.38. The molecule has 8 heteroatoms. The summed E-state index contributed by atoms with van der Waals surface area (Å²) in [6, 6.07) is 9.96. The molecule has 192 valence electrons. The van der Waals surface area contributed by atoms with Crippen LogP contribution >= 0.6 is 11.6 Å². The molecule has 1 saturated heterocycles. The van der Waals surface area contributed by atoms with Gasteiger partial charge < -0.3 is 19.7 Å². The van der Waals surface area contributed by atoms with Gasteiger partial charge in [0.05, 0.1) is 23.8 Å².